The van der Waals surface area contributed by atoms with Gasteiger partial charge in [0.2, 0.25) is 5.16 Å². The van der Waals surface area contributed by atoms with Gasteiger partial charge in [-0.05, 0) is 29.0 Å². The smallest absolute Gasteiger partial charge is 0.209 e. The van der Waals surface area contributed by atoms with Crippen molar-refractivity contribution in [2.24, 2.45) is 7.05 Å². The summed E-state index contributed by atoms with van der Waals surface area (Å²) in [5.41, 5.74) is 1.07. The molecule has 1 heterocycles. The Bertz CT molecular complexity index is 653. The van der Waals surface area contributed by atoms with Crippen molar-refractivity contribution in [1.29, 1.82) is 0 Å². The number of ether oxygens (including phenoxy) is 2. The molecule has 2 aromatic rings. The van der Waals surface area contributed by atoms with Crippen LogP contribution in [0.4, 0.5) is 0 Å². The fraction of sp³-hybridized carbons (Fsp3) is 0.533. The second-order valence-electron chi connectivity index (χ2n) is 5.06. The summed E-state index contributed by atoms with van der Waals surface area (Å²) in [7, 11) is 3.49. The molecule has 0 amide bonds. The number of aryl methyl sites for hydroxylation is 1. The molecule has 1 aromatic carbocycles. The van der Waals surface area contributed by atoms with Gasteiger partial charge in [-0.1, -0.05) is 34.6 Å². The van der Waals surface area contributed by atoms with Crippen LogP contribution in [-0.4, -0.2) is 46.2 Å². The van der Waals surface area contributed by atoms with Crippen molar-refractivity contribution in [2.75, 3.05) is 26.0 Å². The summed E-state index contributed by atoms with van der Waals surface area (Å²) in [4.78, 5) is 0. The van der Waals surface area contributed by atoms with Gasteiger partial charge in [-0.2, -0.15) is 0 Å². The van der Waals surface area contributed by atoms with Gasteiger partial charge >= 0.3 is 0 Å². The van der Waals surface area contributed by atoms with Gasteiger partial charge in [0.25, 0.3) is 0 Å². The maximum Gasteiger partial charge on any atom is 0.209 e. The molecule has 2 rings (SSSR count). The van der Waals surface area contributed by atoms with Gasteiger partial charge in [0, 0.05) is 35.9 Å². The van der Waals surface area contributed by atoms with Gasteiger partial charge in [0.15, 0.2) is 11.5 Å². The first-order chi connectivity index (χ1) is 11.7. The van der Waals surface area contributed by atoms with Gasteiger partial charge in [0.05, 0.1) is 13.7 Å². The van der Waals surface area contributed by atoms with E-state index in [2.05, 4.69) is 49.8 Å². The number of hydrogen-bond acceptors (Lipinski definition) is 7. The topological polar surface area (TPSA) is 74.1 Å². The largest absolute Gasteiger partial charge is 0.493 e. The SMILES string of the molecule is CCCOc1c(CNCCSc2nnnn2C)cc(Br)cc1OC. The lowest BCUT2D eigenvalue weighted by Crippen LogP contribution is -2.18. The van der Waals surface area contributed by atoms with Gasteiger partial charge in [-0.3, -0.25) is 0 Å². The number of methoxy groups -OCH3 is 1. The first-order valence-electron chi connectivity index (χ1n) is 7.70. The molecule has 0 aliphatic heterocycles. The van der Waals surface area contributed by atoms with Crippen LogP contribution < -0.4 is 14.8 Å². The van der Waals surface area contributed by atoms with E-state index in [1.54, 1.807) is 23.6 Å². The minimum Gasteiger partial charge on any atom is -0.493 e. The van der Waals surface area contributed by atoms with E-state index in [9.17, 15) is 0 Å². The predicted molar refractivity (Wildman–Crippen MR) is 97.7 cm³/mol. The molecule has 0 aliphatic carbocycles. The first kappa shape index (κ1) is 19.0. The van der Waals surface area contributed by atoms with Gasteiger partial charge in [-0.25, -0.2) is 4.68 Å². The molecule has 0 unspecified atom stereocenters. The molecule has 0 saturated heterocycles. The van der Waals surface area contributed by atoms with E-state index >= 15 is 0 Å². The van der Waals surface area contributed by atoms with Crippen molar-refractivity contribution < 1.29 is 9.47 Å². The third-order valence-corrected chi connectivity index (χ3v) is 4.64. The van der Waals surface area contributed by atoms with E-state index in [0.717, 1.165) is 45.4 Å². The predicted octanol–water partition coefficient (Wildman–Crippen LogP) is 2.65. The molecule has 0 aliphatic rings. The van der Waals surface area contributed by atoms with Crippen molar-refractivity contribution >= 4 is 27.7 Å². The fourth-order valence-corrected chi connectivity index (χ4v) is 3.29. The molecular formula is C15H22BrN5O2S. The van der Waals surface area contributed by atoms with E-state index in [0.29, 0.717) is 13.2 Å². The lowest BCUT2D eigenvalue weighted by atomic mass is 10.2. The molecule has 1 N–H and O–H groups in total. The Morgan fingerprint density at radius 2 is 2.21 bits per heavy atom. The third kappa shape index (κ3) is 5.35. The van der Waals surface area contributed by atoms with Crippen molar-refractivity contribution in [3.8, 4) is 11.5 Å². The van der Waals surface area contributed by atoms with Crippen LogP contribution in [0.1, 0.15) is 18.9 Å². The summed E-state index contributed by atoms with van der Waals surface area (Å²) in [6.45, 7) is 4.29. The highest BCUT2D eigenvalue weighted by atomic mass is 79.9. The molecule has 0 saturated carbocycles. The van der Waals surface area contributed by atoms with E-state index in [1.807, 2.05) is 13.1 Å². The highest BCUT2D eigenvalue weighted by molar-refractivity contribution is 9.10. The number of nitrogens with zero attached hydrogens (tertiary/aromatic N) is 4. The number of rotatable bonds is 10. The highest BCUT2D eigenvalue weighted by Crippen LogP contribution is 2.35. The first-order valence-corrected chi connectivity index (χ1v) is 9.48. The number of halogens is 1. The Labute approximate surface area is 154 Å². The Morgan fingerprint density at radius 1 is 1.38 bits per heavy atom. The molecule has 0 bridgehead atoms. The van der Waals surface area contributed by atoms with Crippen LogP contribution in [0.3, 0.4) is 0 Å². The van der Waals surface area contributed by atoms with E-state index in [-0.39, 0.29) is 0 Å². The van der Waals surface area contributed by atoms with Crippen LogP contribution in [0.25, 0.3) is 0 Å². The summed E-state index contributed by atoms with van der Waals surface area (Å²) in [6.07, 6.45) is 0.953. The zero-order valence-corrected chi connectivity index (χ0v) is 16.5. The quantitative estimate of drug-likeness (QED) is 0.472. The molecular weight excluding hydrogens is 394 g/mol. The van der Waals surface area contributed by atoms with Crippen LogP contribution in [0.2, 0.25) is 0 Å². The Morgan fingerprint density at radius 3 is 2.88 bits per heavy atom. The number of benzene rings is 1. The molecule has 0 spiro atoms. The summed E-state index contributed by atoms with van der Waals surface area (Å²) in [5, 5.41) is 15.6. The standard InChI is InChI=1S/C15H22BrN5O2S/c1-4-6-23-14-11(8-12(16)9-13(14)22-3)10-17-5-7-24-15-18-19-20-21(15)2/h8-9,17H,4-7,10H2,1-3H3. The van der Waals surface area contributed by atoms with Crippen LogP contribution in [0.15, 0.2) is 21.8 Å². The van der Waals surface area contributed by atoms with E-state index in [1.165, 1.54) is 0 Å². The number of tetrazole rings is 1. The van der Waals surface area contributed by atoms with E-state index in [4.69, 9.17) is 9.47 Å². The Balaban J connectivity index is 1.90. The monoisotopic (exact) mass is 415 g/mol. The molecule has 7 nitrogen and oxygen atoms in total. The highest BCUT2D eigenvalue weighted by Gasteiger charge is 2.12. The minimum atomic E-state index is 0.667. The zero-order chi connectivity index (χ0) is 17.4. The van der Waals surface area contributed by atoms with Crippen molar-refractivity contribution in [2.45, 2.75) is 25.0 Å². The average Bonchev–Trinajstić information content (AvgIpc) is 2.98. The summed E-state index contributed by atoms with van der Waals surface area (Å²) in [5.74, 6) is 2.43. The lowest BCUT2D eigenvalue weighted by Gasteiger charge is -2.16. The molecule has 0 radical (unpaired) electrons. The normalized spacial score (nSPS) is 10.8. The lowest BCUT2D eigenvalue weighted by molar-refractivity contribution is 0.290. The Hall–Kier alpha value is -1.32. The summed E-state index contributed by atoms with van der Waals surface area (Å²) < 4.78 is 14.0. The molecule has 0 fully saturated rings. The Kier molecular flexibility index (Phi) is 7.80. The molecule has 9 heteroatoms. The number of nitrogens with one attached hydrogen (secondary N) is 1. The van der Waals surface area contributed by atoms with Crippen LogP contribution in [0.5, 0.6) is 11.5 Å². The van der Waals surface area contributed by atoms with Gasteiger partial charge < -0.3 is 14.8 Å². The van der Waals surface area contributed by atoms with Crippen LogP contribution in [-0.2, 0) is 13.6 Å². The van der Waals surface area contributed by atoms with Crippen LogP contribution in [0, 0.1) is 0 Å². The number of hydrogen-bond donors (Lipinski definition) is 1. The number of thioether (sulfide) groups is 1. The second kappa shape index (κ2) is 9.85. The molecule has 132 valence electrons. The summed E-state index contributed by atoms with van der Waals surface area (Å²) in [6, 6.07) is 3.98. The second-order valence-corrected chi connectivity index (χ2v) is 7.03. The average molecular weight is 416 g/mol. The van der Waals surface area contributed by atoms with Crippen molar-refractivity contribution in [3.63, 3.8) is 0 Å². The zero-order valence-electron chi connectivity index (χ0n) is 14.1. The fourth-order valence-electron chi connectivity index (χ4n) is 2.05. The minimum absolute atomic E-state index is 0.667. The van der Waals surface area contributed by atoms with Crippen LogP contribution >= 0.6 is 27.7 Å². The number of aromatic nitrogens is 4. The molecule has 1 aromatic heterocycles. The summed E-state index contributed by atoms with van der Waals surface area (Å²) >= 11 is 5.14. The van der Waals surface area contributed by atoms with Gasteiger partial charge in [-0.15, -0.1) is 5.10 Å². The van der Waals surface area contributed by atoms with Crippen molar-refractivity contribution in [1.82, 2.24) is 25.5 Å². The molecule has 24 heavy (non-hydrogen) atoms. The van der Waals surface area contributed by atoms with Gasteiger partial charge in [0.1, 0.15) is 0 Å². The molecule has 0 atom stereocenters. The van der Waals surface area contributed by atoms with E-state index < -0.39 is 0 Å². The van der Waals surface area contributed by atoms with Crippen molar-refractivity contribution in [3.05, 3.63) is 22.2 Å². The maximum atomic E-state index is 5.87. The third-order valence-electron chi connectivity index (χ3n) is 3.17. The maximum absolute atomic E-state index is 5.87.